The molecule has 20 heavy (non-hydrogen) atoms. The molecule has 2 N–H and O–H groups in total. The molecule has 0 radical (unpaired) electrons. The van der Waals surface area contributed by atoms with Gasteiger partial charge < -0.3 is 14.8 Å². The summed E-state index contributed by atoms with van der Waals surface area (Å²) >= 11 is 0. The summed E-state index contributed by atoms with van der Waals surface area (Å²) in [4.78, 5) is 11.9. The molecule has 1 fully saturated rings. The molecular weight excluding hydrogens is 256 g/mol. The van der Waals surface area contributed by atoms with Gasteiger partial charge in [0.25, 0.3) is 0 Å². The van der Waals surface area contributed by atoms with Crippen molar-refractivity contribution in [3.63, 3.8) is 0 Å². The van der Waals surface area contributed by atoms with Crippen LogP contribution >= 0.6 is 0 Å². The molecular formula is C15H22N2O3. The Balaban J connectivity index is 2.17. The Kier molecular flexibility index (Phi) is 4.18. The fourth-order valence-corrected chi connectivity index (χ4v) is 2.04. The second-order valence-corrected chi connectivity index (χ2v) is 5.88. The number of hydrogen-bond acceptors (Lipinski definition) is 4. The van der Waals surface area contributed by atoms with Crippen LogP contribution < -0.4 is 15.4 Å². The van der Waals surface area contributed by atoms with Gasteiger partial charge in [0.2, 0.25) is 0 Å². The van der Waals surface area contributed by atoms with Crippen LogP contribution in [-0.4, -0.2) is 25.3 Å². The van der Waals surface area contributed by atoms with Crippen molar-refractivity contribution in [2.45, 2.75) is 38.8 Å². The minimum atomic E-state index is -0.516. The van der Waals surface area contributed by atoms with Gasteiger partial charge in [0.1, 0.15) is 11.4 Å². The average molecular weight is 278 g/mol. The van der Waals surface area contributed by atoms with Crippen LogP contribution in [0.4, 0.5) is 10.5 Å². The monoisotopic (exact) mass is 278 g/mol. The molecule has 1 aromatic rings. The summed E-state index contributed by atoms with van der Waals surface area (Å²) in [7, 11) is 1.61. The van der Waals surface area contributed by atoms with Gasteiger partial charge in [-0.25, -0.2) is 4.79 Å². The molecule has 2 rings (SSSR count). The van der Waals surface area contributed by atoms with E-state index in [0.29, 0.717) is 5.75 Å². The third-order valence-corrected chi connectivity index (χ3v) is 3.10. The van der Waals surface area contributed by atoms with Gasteiger partial charge in [-0.2, -0.15) is 0 Å². The number of rotatable bonds is 3. The van der Waals surface area contributed by atoms with E-state index in [9.17, 15) is 4.79 Å². The lowest BCUT2D eigenvalue weighted by atomic mass is 9.96. The predicted molar refractivity (Wildman–Crippen MR) is 78.2 cm³/mol. The van der Waals surface area contributed by atoms with Crippen LogP contribution in [0.3, 0.4) is 0 Å². The number of anilines is 1. The first-order valence-corrected chi connectivity index (χ1v) is 6.80. The SMILES string of the molecule is COc1ccc(C2CCN2)c(NC(=O)OC(C)(C)C)c1. The maximum Gasteiger partial charge on any atom is 0.412 e. The van der Waals surface area contributed by atoms with Gasteiger partial charge in [0.05, 0.1) is 12.8 Å². The van der Waals surface area contributed by atoms with E-state index in [1.54, 1.807) is 7.11 Å². The summed E-state index contributed by atoms with van der Waals surface area (Å²) in [5, 5.41) is 6.14. The smallest absolute Gasteiger partial charge is 0.412 e. The molecule has 5 heteroatoms. The highest BCUT2D eigenvalue weighted by molar-refractivity contribution is 5.86. The van der Waals surface area contributed by atoms with Crippen molar-refractivity contribution in [2.75, 3.05) is 19.0 Å². The molecule has 1 unspecified atom stereocenters. The molecule has 0 aliphatic carbocycles. The highest BCUT2D eigenvalue weighted by atomic mass is 16.6. The van der Waals surface area contributed by atoms with Crippen LogP contribution in [0.25, 0.3) is 0 Å². The third-order valence-electron chi connectivity index (χ3n) is 3.10. The van der Waals surface area contributed by atoms with Crippen LogP contribution in [0, 0.1) is 0 Å². The predicted octanol–water partition coefficient (Wildman–Crippen LogP) is 3.08. The zero-order valence-corrected chi connectivity index (χ0v) is 12.4. The second kappa shape index (κ2) is 5.71. The molecule has 1 aliphatic rings. The Bertz CT molecular complexity index is 490. The summed E-state index contributed by atoms with van der Waals surface area (Å²) in [6.45, 7) is 6.52. The van der Waals surface area contributed by atoms with Crippen LogP contribution in [0.1, 0.15) is 38.8 Å². The molecule has 1 aliphatic heterocycles. The Morgan fingerprint density at radius 2 is 2.10 bits per heavy atom. The first-order valence-electron chi connectivity index (χ1n) is 6.80. The van der Waals surface area contributed by atoms with Crippen molar-refractivity contribution < 1.29 is 14.3 Å². The van der Waals surface area contributed by atoms with E-state index >= 15 is 0 Å². The number of carbonyl (C=O) groups is 1. The zero-order chi connectivity index (χ0) is 14.8. The number of ether oxygens (including phenoxy) is 2. The van der Waals surface area contributed by atoms with Crippen molar-refractivity contribution in [3.05, 3.63) is 23.8 Å². The second-order valence-electron chi connectivity index (χ2n) is 5.88. The topological polar surface area (TPSA) is 59.6 Å². The van der Waals surface area contributed by atoms with Crippen LogP contribution in [0.5, 0.6) is 5.75 Å². The van der Waals surface area contributed by atoms with E-state index < -0.39 is 11.7 Å². The van der Waals surface area contributed by atoms with E-state index in [4.69, 9.17) is 9.47 Å². The summed E-state index contributed by atoms with van der Waals surface area (Å²) in [6.07, 6.45) is 0.612. The first-order chi connectivity index (χ1) is 9.39. The van der Waals surface area contributed by atoms with Gasteiger partial charge in [-0.15, -0.1) is 0 Å². The fourth-order valence-electron chi connectivity index (χ4n) is 2.04. The van der Waals surface area contributed by atoms with Gasteiger partial charge in [-0.3, -0.25) is 5.32 Å². The Morgan fingerprint density at radius 3 is 2.60 bits per heavy atom. The lowest BCUT2D eigenvalue weighted by Gasteiger charge is -2.30. The van der Waals surface area contributed by atoms with E-state index in [2.05, 4.69) is 10.6 Å². The number of nitrogens with one attached hydrogen (secondary N) is 2. The van der Waals surface area contributed by atoms with Crippen molar-refractivity contribution >= 4 is 11.8 Å². The Morgan fingerprint density at radius 1 is 1.40 bits per heavy atom. The summed E-state index contributed by atoms with van der Waals surface area (Å²) in [6, 6.07) is 5.97. The summed E-state index contributed by atoms with van der Waals surface area (Å²) < 4.78 is 10.5. The van der Waals surface area contributed by atoms with E-state index in [-0.39, 0.29) is 6.04 Å². The average Bonchev–Trinajstić information content (AvgIpc) is 2.26. The Labute approximate surface area is 119 Å². The quantitative estimate of drug-likeness (QED) is 0.892. The van der Waals surface area contributed by atoms with Gasteiger partial charge >= 0.3 is 6.09 Å². The number of amides is 1. The van der Waals surface area contributed by atoms with Crippen LogP contribution in [0.2, 0.25) is 0 Å². The minimum absolute atomic E-state index is 0.283. The maximum absolute atomic E-state index is 11.9. The molecule has 1 saturated heterocycles. The first kappa shape index (κ1) is 14.7. The minimum Gasteiger partial charge on any atom is -0.497 e. The molecule has 0 spiro atoms. The van der Waals surface area contributed by atoms with E-state index in [1.807, 2.05) is 39.0 Å². The van der Waals surface area contributed by atoms with Crippen molar-refractivity contribution in [2.24, 2.45) is 0 Å². The lowest BCUT2D eigenvalue weighted by Crippen LogP contribution is -2.36. The Hall–Kier alpha value is -1.75. The molecule has 110 valence electrons. The zero-order valence-electron chi connectivity index (χ0n) is 12.4. The van der Waals surface area contributed by atoms with Gasteiger partial charge in [-0.1, -0.05) is 6.07 Å². The molecule has 5 nitrogen and oxygen atoms in total. The largest absolute Gasteiger partial charge is 0.497 e. The van der Waals surface area contributed by atoms with Crippen molar-refractivity contribution in [3.8, 4) is 5.75 Å². The number of hydrogen-bond donors (Lipinski definition) is 2. The van der Waals surface area contributed by atoms with Crippen LogP contribution in [-0.2, 0) is 4.74 Å². The molecule has 0 saturated carbocycles. The molecule has 0 bridgehead atoms. The highest BCUT2D eigenvalue weighted by Gasteiger charge is 2.24. The molecule has 0 aromatic heterocycles. The molecule has 1 atom stereocenters. The van der Waals surface area contributed by atoms with Crippen molar-refractivity contribution in [1.29, 1.82) is 0 Å². The standard InChI is InChI=1S/C15H22N2O3/c1-15(2,3)20-14(18)17-13-9-10(19-4)5-6-11(13)12-7-8-16-12/h5-6,9,12,16H,7-8H2,1-4H3,(H,17,18). The van der Waals surface area contributed by atoms with Gasteiger partial charge in [0, 0.05) is 12.1 Å². The number of methoxy groups -OCH3 is 1. The number of benzene rings is 1. The normalized spacial score (nSPS) is 18.1. The van der Waals surface area contributed by atoms with Crippen molar-refractivity contribution in [1.82, 2.24) is 5.32 Å². The van der Waals surface area contributed by atoms with Gasteiger partial charge in [-0.05, 0) is 45.4 Å². The molecule has 1 amide bonds. The van der Waals surface area contributed by atoms with E-state index in [0.717, 1.165) is 24.2 Å². The fraction of sp³-hybridized carbons (Fsp3) is 0.533. The lowest BCUT2D eigenvalue weighted by molar-refractivity contribution is 0.0635. The molecule has 1 aromatic carbocycles. The third kappa shape index (κ3) is 3.63. The molecule has 1 heterocycles. The number of carbonyl (C=O) groups excluding carboxylic acids is 1. The van der Waals surface area contributed by atoms with Crippen LogP contribution in [0.15, 0.2) is 18.2 Å². The highest BCUT2D eigenvalue weighted by Crippen LogP contribution is 2.32. The summed E-state index contributed by atoms with van der Waals surface area (Å²) in [5.41, 5.74) is 1.27. The van der Waals surface area contributed by atoms with E-state index in [1.165, 1.54) is 0 Å². The van der Waals surface area contributed by atoms with Gasteiger partial charge in [0.15, 0.2) is 0 Å². The summed E-state index contributed by atoms with van der Waals surface area (Å²) in [5.74, 6) is 0.708. The maximum atomic E-state index is 11.9.